The fourth-order valence-electron chi connectivity index (χ4n) is 1.37. The molecule has 5 heteroatoms. The fraction of sp³-hybridized carbons (Fsp3) is 0.0909. The van der Waals surface area contributed by atoms with Crippen LogP contribution in [0.1, 0.15) is 11.3 Å². The zero-order valence-corrected chi connectivity index (χ0v) is 8.41. The van der Waals surface area contributed by atoms with Gasteiger partial charge in [-0.2, -0.15) is 0 Å². The minimum Gasteiger partial charge on any atom is -0.261 e. The molecule has 0 saturated carbocycles. The van der Waals surface area contributed by atoms with Crippen molar-refractivity contribution < 1.29 is 4.92 Å². The van der Waals surface area contributed by atoms with Crippen molar-refractivity contribution in [1.29, 1.82) is 0 Å². The van der Waals surface area contributed by atoms with Gasteiger partial charge in [0.05, 0.1) is 10.6 Å². The van der Waals surface area contributed by atoms with E-state index in [-0.39, 0.29) is 5.69 Å². The van der Waals surface area contributed by atoms with Crippen LogP contribution in [0.4, 0.5) is 5.69 Å². The summed E-state index contributed by atoms with van der Waals surface area (Å²) >= 11 is 0. The number of nitro benzene ring substituents is 1. The predicted molar refractivity (Wildman–Crippen MR) is 57.9 cm³/mol. The van der Waals surface area contributed by atoms with E-state index in [9.17, 15) is 10.1 Å². The van der Waals surface area contributed by atoms with E-state index in [4.69, 9.17) is 0 Å². The summed E-state index contributed by atoms with van der Waals surface area (Å²) in [6.07, 6.45) is 5.55. The highest BCUT2D eigenvalue weighted by atomic mass is 16.6. The number of aromatic nitrogens is 2. The fourth-order valence-corrected chi connectivity index (χ4v) is 1.37. The van der Waals surface area contributed by atoms with E-state index in [1.165, 1.54) is 12.1 Å². The standard InChI is InChI=1S/C11H9N3O2/c15-14(16)11-3-1-9(2-4-11)7-10-8-12-5-6-13-10/h1-6,8H,7H2. The topological polar surface area (TPSA) is 68.9 Å². The quantitative estimate of drug-likeness (QED) is 0.579. The average Bonchev–Trinajstić information content (AvgIpc) is 2.31. The third kappa shape index (κ3) is 2.38. The SMILES string of the molecule is O=[N+]([O-])c1ccc(Cc2cnccn2)cc1. The number of benzene rings is 1. The van der Waals surface area contributed by atoms with E-state index in [0.29, 0.717) is 6.42 Å². The molecular weight excluding hydrogens is 206 g/mol. The highest BCUT2D eigenvalue weighted by Crippen LogP contribution is 2.13. The van der Waals surface area contributed by atoms with E-state index in [1.54, 1.807) is 30.7 Å². The van der Waals surface area contributed by atoms with Crippen LogP contribution in [-0.2, 0) is 6.42 Å². The Labute approximate surface area is 91.9 Å². The number of hydrogen-bond acceptors (Lipinski definition) is 4. The van der Waals surface area contributed by atoms with Crippen molar-refractivity contribution in [1.82, 2.24) is 9.97 Å². The maximum Gasteiger partial charge on any atom is 0.269 e. The van der Waals surface area contributed by atoms with Crippen LogP contribution < -0.4 is 0 Å². The van der Waals surface area contributed by atoms with Crippen molar-refractivity contribution in [3.63, 3.8) is 0 Å². The molecular formula is C11H9N3O2. The van der Waals surface area contributed by atoms with Gasteiger partial charge in [0, 0.05) is 37.1 Å². The Morgan fingerprint density at radius 2 is 1.94 bits per heavy atom. The van der Waals surface area contributed by atoms with Gasteiger partial charge in [0.15, 0.2) is 0 Å². The van der Waals surface area contributed by atoms with E-state index in [0.717, 1.165) is 11.3 Å². The summed E-state index contributed by atoms with van der Waals surface area (Å²) in [6, 6.07) is 6.44. The molecule has 2 aromatic rings. The van der Waals surface area contributed by atoms with Gasteiger partial charge in [-0.25, -0.2) is 0 Å². The molecule has 0 aliphatic carbocycles. The molecule has 0 fully saturated rings. The molecule has 0 aliphatic heterocycles. The third-order valence-electron chi connectivity index (χ3n) is 2.15. The van der Waals surface area contributed by atoms with Crippen molar-refractivity contribution >= 4 is 5.69 Å². The average molecular weight is 215 g/mol. The first-order valence-electron chi connectivity index (χ1n) is 4.74. The molecule has 2 rings (SSSR count). The molecule has 0 saturated heterocycles. The molecule has 0 atom stereocenters. The van der Waals surface area contributed by atoms with Crippen LogP contribution in [0.5, 0.6) is 0 Å². The molecule has 80 valence electrons. The Balaban J connectivity index is 2.14. The van der Waals surface area contributed by atoms with Crippen LogP contribution in [0.25, 0.3) is 0 Å². The normalized spacial score (nSPS) is 10.0. The summed E-state index contributed by atoms with van der Waals surface area (Å²) < 4.78 is 0. The van der Waals surface area contributed by atoms with Crippen molar-refractivity contribution in [2.45, 2.75) is 6.42 Å². The molecule has 0 amide bonds. The summed E-state index contributed by atoms with van der Waals surface area (Å²) in [4.78, 5) is 18.1. The first-order valence-corrected chi connectivity index (χ1v) is 4.74. The van der Waals surface area contributed by atoms with Crippen LogP contribution in [0.2, 0.25) is 0 Å². The molecule has 1 aromatic carbocycles. The van der Waals surface area contributed by atoms with Gasteiger partial charge in [-0.05, 0) is 5.56 Å². The maximum absolute atomic E-state index is 10.5. The molecule has 0 N–H and O–H groups in total. The Kier molecular flexibility index (Phi) is 2.86. The zero-order chi connectivity index (χ0) is 11.4. The number of nitrogens with zero attached hydrogens (tertiary/aromatic N) is 3. The van der Waals surface area contributed by atoms with Gasteiger partial charge < -0.3 is 0 Å². The minimum absolute atomic E-state index is 0.0999. The van der Waals surface area contributed by atoms with Gasteiger partial charge in [-0.1, -0.05) is 12.1 Å². The van der Waals surface area contributed by atoms with Gasteiger partial charge >= 0.3 is 0 Å². The molecule has 0 radical (unpaired) electrons. The largest absolute Gasteiger partial charge is 0.269 e. The number of hydrogen-bond donors (Lipinski definition) is 0. The summed E-state index contributed by atoms with van der Waals surface area (Å²) in [7, 11) is 0. The lowest BCUT2D eigenvalue weighted by Gasteiger charge is -1.99. The zero-order valence-electron chi connectivity index (χ0n) is 8.41. The molecule has 16 heavy (non-hydrogen) atoms. The van der Waals surface area contributed by atoms with Gasteiger partial charge in [0.25, 0.3) is 5.69 Å². The monoisotopic (exact) mass is 215 g/mol. The highest BCUT2D eigenvalue weighted by Gasteiger charge is 2.04. The Hall–Kier alpha value is -2.30. The molecule has 0 bridgehead atoms. The van der Waals surface area contributed by atoms with E-state index in [1.807, 2.05) is 0 Å². The Morgan fingerprint density at radius 3 is 2.50 bits per heavy atom. The molecule has 1 heterocycles. The smallest absolute Gasteiger partial charge is 0.261 e. The number of non-ortho nitro benzene ring substituents is 1. The van der Waals surface area contributed by atoms with Crippen molar-refractivity contribution in [2.75, 3.05) is 0 Å². The van der Waals surface area contributed by atoms with Crippen LogP contribution in [0.3, 0.4) is 0 Å². The maximum atomic E-state index is 10.5. The summed E-state index contributed by atoms with van der Waals surface area (Å²) in [5.74, 6) is 0. The lowest BCUT2D eigenvalue weighted by atomic mass is 10.1. The highest BCUT2D eigenvalue weighted by molar-refractivity contribution is 5.34. The summed E-state index contributed by atoms with van der Waals surface area (Å²) in [5, 5.41) is 10.5. The molecule has 1 aromatic heterocycles. The number of nitro groups is 1. The second-order valence-electron chi connectivity index (χ2n) is 3.30. The van der Waals surface area contributed by atoms with E-state index >= 15 is 0 Å². The van der Waals surface area contributed by atoms with Crippen molar-refractivity contribution in [2.24, 2.45) is 0 Å². The lowest BCUT2D eigenvalue weighted by Crippen LogP contribution is -1.93. The van der Waals surface area contributed by atoms with E-state index < -0.39 is 4.92 Å². The first kappa shape index (κ1) is 10.2. The Bertz CT molecular complexity index is 482. The van der Waals surface area contributed by atoms with Gasteiger partial charge in [0.2, 0.25) is 0 Å². The Morgan fingerprint density at radius 1 is 1.19 bits per heavy atom. The van der Waals surface area contributed by atoms with Crippen molar-refractivity contribution in [3.05, 3.63) is 64.2 Å². The first-order chi connectivity index (χ1) is 7.75. The number of rotatable bonds is 3. The summed E-state index contributed by atoms with van der Waals surface area (Å²) in [6.45, 7) is 0. The van der Waals surface area contributed by atoms with Gasteiger partial charge in [0.1, 0.15) is 0 Å². The molecule has 0 unspecified atom stereocenters. The molecule has 0 spiro atoms. The van der Waals surface area contributed by atoms with Crippen LogP contribution in [-0.4, -0.2) is 14.9 Å². The second-order valence-corrected chi connectivity index (χ2v) is 3.30. The minimum atomic E-state index is -0.411. The van der Waals surface area contributed by atoms with E-state index in [2.05, 4.69) is 9.97 Å². The lowest BCUT2D eigenvalue weighted by molar-refractivity contribution is -0.384. The summed E-state index contributed by atoms with van der Waals surface area (Å²) in [5.41, 5.74) is 1.92. The van der Waals surface area contributed by atoms with Crippen LogP contribution in [0, 0.1) is 10.1 Å². The molecule has 0 aliphatic rings. The van der Waals surface area contributed by atoms with Crippen LogP contribution >= 0.6 is 0 Å². The predicted octanol–water partition coefficient (Wildman–Crippen LogP) is 1.98. The van der Waals surface area contributed by atoms with Crippen LogP contribution in [0.15, 0.2) is 42.9 Å². The van der Waals surface area contributed by atoms with Gasteiger partial charge in [-0.15, -0.1) is 0 Å². The van der Waals surface area contributed by atoms with Crippen molar-refractivity contribution in [3.8, 4) is 0 Å². The third-order valence-corrected chi connectivity index (χ3v) is 2.15. The molecule has 5 nitrogen and oxygen atoms in total. The second kappa shape index (κ2) is 4.48. The van der Waals surface area contributed by atoms with Gasteiger partial charge in [-0.3, -0.25) is 20.1 Å².